The number of hydrogen-bond acceptors (Lipinski definition) is 4. The molecule has 0 aliphatic rings. The number of aryl methyl sites for hydroxylation is 1. The van der Waals surface area contributed by atoms with Crippen molar-refractivity contribution in [3.05, 3.63) is 31.4 Å². The van der Waals surface area contributed by atoms with E-state index in [4.69, 9.17) is 4.74 Å². The van der Waals surface area contributed by atoms with Gasteiger partial charge in [0.25, 0.3) is 0 Å². The van der Waals surface area contributed by atoms with Crippen molar-refractivity contribution in [2.24, 2.45) is 0 Å². The number of benzene rings is 1. The number of anilines is 1. The molecule has 0 radical (unpaired) electrons. The lowest BCUT2D eigenvalue weighted by molar-refractivity contribution is -0.384. The number of ether oxygens (including phenoxy) is 1. The molecule has 0 fully saturated rings. The Labute approximate surface area is 124 Å². The maximum atomic E-state index is 11.6. The van der Waals surface area contributed by atoms with Crippen molar-refractivity contribution >= 4 is 40.1 Å². The minimum atomic E-state index is -0.713. The second-order valence-corrected chi connectivity index (χ2v) is 6.06. The monoisotopic (exact) mass is 378 g/mol. The predicted octanol–water partition coefficient (Wildman–Crippen LogP) is 3.85. The van der Waals surface area contributed by atoms with E-state index in [1.807, 2.05) is 22.6 Å². The molecule has 0 unspecified atom stereocenters. The third-order valence-corrected chi connectivity index (χ3v) is 3.49. The van der Waals surface area contributed by atoms with Gasteiger partial charge in [0.1, 0.15) is 11.3 Å². The molecule has 1 N–H and O–H groups in total. The fourth-order valence-corrected chi connectivity index (χ4v) is 2.03. The first-order valence-corrected chi connectivity index (χ1v) is 6.63. The number of nitrogens with zero attached hydrogens (tertiary/aromatic N) is 1. The van der Waals surface area contributed by atoms with E-state index in [-0.39, 0.29) is 11.4 Å². The van der Waals surface area contributed by atoms with Crippen LogP contribution >= 0.6 is 22.6 Å². The molecule has 1 aromatic rings. The summed E-state index contributed by atoms with van der Waals surface area (Å²) >= 11 is 1.89. The average molecular weight is 378 g/mol. The van der Waals surface area contributed by atoms with Crippen LogP contribution in [0.25, 0.3) is 0 Å². The first kappa shape index (κ1) is 15.7. The lowest BCUT2D eigenvalue weighted by Crippen LogP contribution is -2.27. The fraction of sp³-hybridized carbons (Fsp3) is 0.417. The highest BCUT2D eigenvalue weighted by Crippen LogP contribution is 2.32. The van der Waals surface area contributed by atoms with Crippen molar-refractivity contribution in [2.75, 3.05) is 5.32 Å². The highest BCUT2D eigenvalue weighted by molar-refractivity contribution is 14.1. The third kappa shape index (κ3) is 4.34. The van der Waals surface area contributed by atoms with Gasteiger partial charge in [-0.2, -0.15) is 0 Å². The third-order valence-electron chi connectivity index (χ3n) is 2.13. The Morgan fingerprint density at radius 2 is 2.00 bits per heavy atom. The van der Waals surface area contributed by atoms with Gasteiger partial charge in [-0.05, 0) is 61.9 Å². The number of nitro benzene ring substituents is 1. The molecule has 0 aliphatic heterocycles. The van der Waals surface area contributed by atoms with Crippen LogP contribution in [0.1, 0.15) is 26.3 Å². The molecule has 0 aliphatic carbocycles. The van der Waals surface area contributed by atoms with Gasteiger partial charge in [0.05, 0.1) is 8.49 Å². The molecule has 1 aromatic carbocycles. The summed E-state index contributed by atoms with van der Waals surface area (Å²) in [4.78, 5) is 22.2. The molecule has 1 rings (SSSR count). The van der Waals surface area contributed by atoms with Crippen molar-refractivity contribution in [1.82, 2.24) is 0 Å². The molecular formula is C12H15IN2O4. The molecule has 0 saturated heterocycles. The van der Waals surface area contributed by atoms with Gasteiger partial charge in [-0.3, -0.25) is 15.4 Å². The van der Waals surface area contributed by atoms with Gasteiger partial charge >= 0.3 is 11.8 Å². The van der Waals surface area contributed by atoms with E-state index >= 15 is 0 Å². The van der Waals surface area contributed by atoms with Crippen molar-refractivity contribution in [3.63, 3.8) is 0 Å². The van der Waals surface area contributed by atoms with E-state index in [1.165, 1.54) is 6.07 Å². The zero-order valence-electron chi connectivity index (χ0n) is 11.1. The predicted molar refractivity (Wildman–Crippen MR) is 80.4 cm³/mol. The van der Waals surface area contributed by atoms with Gasteiger partial charge in [-0.25, -0.2) is 4.79 Å². The van der Waals surface area contributed by atoms with Gasteiger partial charge in [0, 0.05) is 0 Å². The van der Waals surface area contributed by atoms with E-state index < -0.39 is 16.6 Å². The van der Waals surface area contributed by atoms with Crippen molar-refractivity contribution in [1.29, 1.82) is 0 Å². The Hall–Kier alpha value is -1.38. The first-order chi connectivity index (χ1) is 8.61. The number of carbonyl (C=O) groups is 1. The van der Waals surface area contributed by atoms with Crippen LogP contribution in [-0.4, -0.2) is 16.6 Å². The second kappa shape index (κ2) is 5.72. The Kier molecular flexibility index (Phi) is 4.72. The lowest BCUT2D eigenvalue weighted by Gasteiger charge is -2.19. The normalized spacial score (nSPS) is 11.0. The van der Waals surface area contributed by atoms with Crippen LogP contribution < -0.4 is 5.32 Å². The molecule has 0 aromatic heterocycles. The van der Waals surface area contributed by atoms with Crippen LogP contribution in [0.4, 0.5) is 16.2 Å². The highest BCUT2D eigenvalue weighted by Gasteiger charge is 2.23. The van der Waals surface area contributed by atoms with Crippen LogP contribution in [0.15, 0.2) is 12.1 Å². The van der Waals surface area contributed by atoms with E-state index in [2.05, 4.69) is 5.32 Å². The minimum absolute atomic E-state index is 0.119. The van der Waals surface area contributed by atoms with Crippen LogP contribution in [-0.2, 0) is 4.74 Å². The number of nitrogens with one attached hydrogen (secondary N) is 1. The Balaban J connectivity index is 3.05. The van der Waals surface area contributed by atoms with E-state index in [1.54, 1.807) is 33.8 Å². The second-order valence-electron chi connectivity index (χ2n) is 4.98. The van der Waals surface area contributed by atoms with Crippen molar-refractivity contribution in [3.8, 4) is 0 Å². The van der Waals surface area contributed by atoms with Gasteiger partial charge < -0.3 is 4.74 Å². The summed E-state index contributed by atoms with van der Waals surface area (Å²) in [6, 6.07) is 3.21. The number of carbonyl (C=O) groups excluding carboxylic acids is 1. The molecule has 0 spiro atoms. The molecule has 7 heteroatoms. The highest BCUT2D eigenvalue weighted by atomic mass is 127. The standard InChI is InChI=1S/C12H15IN2O4/c1-7-5-6-8(10(9(7)13)15(17)18)14-11(16)19-12(2,3)4/h5-6H,1-4H3,(H,14,16). The molecule has 0 bridgehead atoms. The summed E-state index contributed by atoms with van der Waals surface area (Å²) in [6.07, 6.45) is -0.713. The van der Waals surface area contributed by atoms with Gasteiger partial charge in [-0.15, -0.1) is 0 Å². The minimum Gasteiger partial charge on any atom is -0.444 e. The molecule has 6 nitrogen and oxygen atoms in total. The summed E-state index contributed by atoms with van der Waals surface area (Å²) in [7, 11) is 0. The SMILES string of the molecule is Cc1ccc(NC(=O)OC(C)(C)C)c([N+](=O)[O-])c1I. The summed E-state index contributed by atoms with van der Waals surface area (Å²) in [5.41, 5.74) is 0.138. The molecule has 0 heterocycles. The van der Waals surface area contributed by atoms with Crippen molar-refractivity contribution < 1.29 is 14.5 Å². The Bertz CT molecular complexity index is 523. The maximum absolute atomic E-state index is 11.6. The number of rotatable bonds is 2. The van der Waals surface area contributed by atoms with Crippen molar-refractivity contribution in [2.45, 2.75) is 33.3 Å². The molecule has 0 saturated carbocycles. The number of halogens is 1. The van der Waals surface area contributed by atoms with Crippen LogP contribution in [0.5, 0.6) is 0 Å². The maximum Gasteiger partial charge on any atom is 0.412 e. The number of amides is 1. The smallest absolute Gasteiger partial charge is 0.412 e. The van der Waals surface area contributed by atoms with Crippen LogP contribution in [0.3, 0.4) is 0 Å². The average Bonchev–Trinajstić information content (AvgIpc) is 2.20. The zero-order valence-corrected chi connectivity index (χ0v) is 13.3. The first-order valence-electron chi connectivity index (χ1n) is 5.55. The quantitative estimate of drug-likeness (QED) is 0.482. The lowest BCUT2D eigenvalue weighted by atomic mass is 10.2. The Morgan fingerprint density at radius 3 is 2.47 bits per heavy atom. The Morgan fingerprint density at radius 1 is 1.42 bits per heavy atom. The molecule has 1 amide bonds. The largest absolute Gasteiger partial charge is 0.444 e. The summed E-state index contributed by atoms with van der Waals surface area (Å²) in [5, 5.41) is 13.5. The number of hydrogen-bond donors (Lipinski definition) is 1. The van der Waals surface area contributed by atoms with E-state index in [0.717, 1.165) is 5.56 Å². The molecule has 0 atom stereocenters. The summed E-state index contributed by atoms with van der Waals surface area (Å²) in [6.45, 7) is 6.94. The van der Waals surface area contributed by atoms with E-state index in [9.17, 15) is 14.9 Å². The molecule has 19 heavy (non-hydrogen) atoms. The molecule has 104 valence electrons. The van der Waals surface area contributed by atoms with E-state index in [0.29, 0.717) is 3.57 Å². The van der Waals surface area contributed by atoms with Crippen LogP contribution in [0.2, 0.25) is 0 Å². The van der Waals surface area contributed by atoms with Gasteiger partial charge in [-0.1, -0.05) is 6.07 Å². The topological polar surface area (TPSA) is 81.5 Å². The zero-order chi connectivity index (χ0) is 14.8. The number of nitro groups is 1. The summed E-state index contributed by atoms with van der Waals surface area (Å²) < 4.78 is 5.57. The summed E-state index contributed by atoms with van der Waals surface area (Å²) in [5.74, 6) is 0. The van der Waals surface area contributed by atoms with Gasteiger partial charge in [0.15, 0.2) is 0 Å². The van der Waals surface area contributed by atoms with Crippen LogP contribution in [0, 0.1) is 20.6 Å². The molecular weight excluding hydrogens is 363 g/mol. The van der Waals surface area contributed by atoms with Gasteiger partial charge in [0.2, 0.25) is 0 Å². The fourth-order valence-electron chi connectivity index (χ4n) is 1.36.